The molecule has 8 nitrogen and oxygen atoms in total. The minimum atomic E-state index is -3.03. The Labute approximate surface area is 151 Å². The molecule has 1 amide bonds. The number of anilines is 2. The number of nitrogens with one attached hydrogen (secondary N) is 2. The van der Waals surface area contributed by atoms with E-state index in [-0.39, 0.29) is 29.2 Å². The molecular formula is C17H17N5O3S. The van der Waals surface area contributed by atoms with Crippen molar-refractivity contribution in [1.82, 2.24) is 9.97 Å². The number of sulfone groups is 1. The number of hydrogen-bond donors (Lipinski definition) is 2. The van der Waals surface area contributed by atoms with Gasteiger partial charge in [-0.2, -0.15) is 5.26 Å². The normalized spacial score (nSPS) is 18.1. The summed E-state index contributed by atoms with van der Waals surface area (Å²) < 4.78 is 23.1. The lowest BCUT2D eigenvalue weighted by Gasteiger charge is -2.12. The van der Waals surface area contributed by atoms with Gasteiger partial charge in [0.1, 0.15) is 11.8 Å². The van der Waals surface area contributed by atoms with Crippen molar-refractivity contribution >= 4 is 27.4 Å². The summed E-state index contributed by atoms with van der Waals surface area (Å²) in [5, 5.41) is 14.8. The molecule has 2 heterocycles. The number of rotatable bonds is 4. The predicted molar refractivity (Wildman–Crippen MR) is 96.6 cm³/mol. The van der Waals surface area contributed by atoms with Crippen LogP contribution in [-0.4, -0.2) is 41.8 Å². The second-order valence-corrected chi connectivity index (χ2v) is 8.30. The molecule has 0 spiro atoms. The fourth-order valence-corrected chi connectivity index (χ4v) is 4.39. The fraction of sp³-hybridized carbons (Fsp3) is 0.294. The Morgan fingerprint density at radius 1 is 1.31 bits per heavy atom. The highest BCUT2D eigenvalue weighted by atomic mass is 32.2. The molecule has 2 N–H and O–H groups in total. The van der Waals surface area contributed by atoms with E-state index in [0.29, 0.717) is 23.4 Å². The van der Waals surface area contributed by atoms with Gasteiger partial charge in [0.25, 0.3) is 5.91 Å². The summed E-state index contributed by atoms with van der Waals surface area (Å²) in [4.78, 5) is 20.9. The van der Waals surface area contributed by atoms with Crippen LogP contribution in [0.3, 0.4) is 0 Å². The van der Waals surface area contributed by atoms with Gasteiger partial charge in [0.05, 0.1) is 22.8 Å². The second kappa shape index (κ2) is 7.09. The Morgan fingerprint density at radius 3 is 2.77 bits per heavy atom. The van der Waals surface area contributed by atoms with Gasteiger partial charge in [0, 0.05) is 11.7 Å². The van der Waals surface area contributed by atoms with Crippen LogP contribution >= 0.6 is 0 Å². The first kappa shape index (κ1) is 17.8. The monoisotopic (exact) mass is 371 g/mol. The average Bonchev–Trinajstić information content (AvgIpc) is 2.93. The molecule has 0 saturated carbocycles. The van der Waals surface area contributed by atoms with Crippen LogP contribution in [0.5, 0.6) is 0 Å². The molecule has 1 unspecified atom stereocenters. The van der Waals surface area contributed by atoms with Gasteiger partial charge in [-0.15, -0.1) is 0 Å². The first-order valence-corrected chi connectivity index (χ1v) is 9.81. The van der Waals surface area contributed by atoms with Crippen molar-refractivity contribution in [2.24, 2.45) is 0 Å². The molecule has 1 aliphatic heterocycles. The van der Waals surface area contributed by atoms with Gasteiger partial charge in [-0.25, -0.2) is 18.4 Å². The van der Waals surface area contributed by atoms with Crippen molar-refractivity contribution in [3.63, 3.8) is 0 Å². The van der Waals surface area contributed by atoms with Crippen molar-refractivity contribution < 1.29 is 13.2 Å². The predicted octanol–water partition coefficient (Wildman–Crippen LogP) is 1.51. The third-order valence-corrected chi connectivity index (χ3v) is 5.72. The number of hydrogen-bond acceptors (Lipinski definition) is 7. The summed E-state index contributed by atoms with van der Waals surface area (Å²) in [7, 11) is -3.03. The maximum atomic E-state index is 12.5. The Morgan fingerprint density at radius 2 is 2.08 bits per heavy atom. The molecule has 1 atom stereocenters. The fourth-order valence-electron chi connectivity index (χ4n) is 2.72. The number of amides is 1. The topological polar surface area (TPSA) is 125 Å². The first-order valence-electron chi connectivity index (χ1n) is 7.99. The number of aromatic nitrogens is 2. The standard InChI is InChI=1S/C17H17N5O3S/c1-11-8-15(16(23)21-14-5-3-2-4-12(14)9-18)22-17(19-11)20-13-6-7-26(24,25)10-13/h2-5,8,13H,6-7,10H2,1H3,(H,21,23)(H,19,20,22). The highest BCUT2D eigenvalue weighted by molar-refractivity contribution is 7.91. The summed E-state index contributed by atoms with van der Waals surface area (Å²) in [5.74, 6) is -0.0954. The van der Waals surface area contributed by atoms with Crippen molar-refractivity contribution in [2.45, 2.75) is 19.4 Å². The number of benzene rings is 1. The lowest BCUT2D eigenvalue weighted by molar-refractivity contribution is 0.102. The number of aryl methyl sites for hydroxylation is 1. The molecule has 1 saturated heterocycles. The van der Waals surface area contributed by atoms with Gasteiger partial charge >= 0.3 is 0 Å². The number of nitriles is 1. The number of carbonyl (C=O) groups is 1. The maximum absolute atomic E-state index is 12.5. The minimum Gasteiger partial charge on any atom is -0.350 e. The van der Waals surface area contributed by atoms with E-state index in [0.717, 1.165) is 0 Å². The van der Waals surface area contributed by atoms with Gasteiger partial charge in [0.2, 0.25) is 5.95 Å². The first-order chi connectivity index (χ1) is 12.4. The van der Waals surface area contributed by atoms with E-state index in [2.05, 4.69) is 20.6 Å². The number of nitrogens with zero attached hydrogens (tertiary/aromatic N) is 3. The van der Waals surface area contributed by atoms with Crippen molar-refractivity contribution in [3.05, 3.63) is 47.3 Å². The zero-order chi connectivity index (χ0) is 18.7. The van der Waals surface area contributed by atoms with Crippen LogP contribution in [0.15, 0.2) is 30.3 Å². The summed E-state index contributed by atoms with van der Waals surface area (Å²) in [6.45, 7) is 1.72. The van der Waals surface area contributed by atoms with Crippen LogP contribution in [-0.2, 0) is 9.84 Å². The summed E-state index contributed by atoms with van der Waals surface area (Å²) in [6, 6.07) is 9.94. The van der Waals surface area contributed by atoms with Gasteiger partial charge in [0.15, 0.2) is 9.84 Å². The molecule has 3 rings (SSSR count). The molecular weight excluding hydrogens is 354 g/mol. The van der Waals surface area contributed by atoms with Crippen molar-refractivity contribution in [2.75, 3.05) is 22.1 Å². The van der Waals surface area contributed by atoms with Crippen LogP contribution in [0.1, 0.15) is 28.2 Å². The van der Waals surface area contributed by atoms with E-state index in [4.69, 9.17) is 5.26 Å². The van der Waals surface area contributed by atoms with Gasteiger partial charge < -0.3 is 10.6 Å². The van der Waals surface area contributed by atoms with Crippen LogP contribution in [0.25, 0.3) is 0 Å². The van der Waals surface area contributed by atoms with E-state index in [1.54, 1.807) is 31.2 Å². The zero-order valence-corrected chi connectivity index (χ0v) is 14.9. The van der Waals surface area contributed by atoms with E-state index in [1.165, 1.54) is 6.07 Å². The van der Waals surface area contributed by atoms with Crippen LogP contribution in [0.4, 0.5) is 11.6 Å². The van der Waals surface area contributed by atoms with Gasteiger partial charge in [-0.1, -0.05) is 12.1 Å². The van der Waals surface area contributed by atoms with Crippen molar-refractivity contribution in [3.8, 4) is 6.07 Å². The Balaban J connectivity index is 1.79. The molecule has 9 heteroatoms. The lowest BCUT2D eigenvalue weighted by Crippen LogP contribution is -2.23. The average molecular weight is 371 g/mol. The van der Waals surface area contributed by atoms with E-state index in [9.17, 15) is 13.2 Å². The lowest BCUT2D eigenvalue weighted by atomic mass is 10.2. The van der Waals surface area contributed by atoms with Crippen LogP contribution < -0.4 is 10.6 Å². The summed E-state index contributed by atoms with van der Waals surface area (Å²) in [6.07, 6.45) is 0.483. The SMILES string of the molecule is Cc1cc(C(=O)Nc2ccccc2C#N)nc(NC2CCS(=O)(=O)C2)n1. The third-order valence-electron chi connectivity index (χ3n) is 3.95. The smallest absolute Gasteiger partial charge is 0.274 e. The van der Waals surface area contributed by atoms with E-state index < -0.39 is 15.7 Å². The summed E-state index contributed by atoms with van der Waals surface area (Å²) >= 11 is 0. The molecule has 0 aliphatic carbocycles. The zero-order valence-electron chi connectivity index (χ0n) is 14.1. The third kappa shape index (κ3) is 4.15. The second-order valence-electron chi connectivity index (χ2n) is 6.07. The minimum absolute atomic E-state index is 0.0291. The maximum Gasteiger partial charge on any atom is 0.274 e. The number of carbonyl (C=O) groups excluding carboxylic acids is 1. The van der Waals surface area contributed by atoms with Gasteiger partial charge in [-0.3, -0.25) is 4.79 Å². The van der Waals surface area contributed by atoms with Crippen LogP contribution in [0, 0.1) is 18.3 Å². The molecule has 1 aromatic heterocycles. The molecule has 1 aliphatic rings. The summed E-state index contributed by atoms with van der Waals surface area (Å²) in [5.41, 5.74) is 1.45. The Hall–Kier alpha value is -2.99. The molecule has 2 aromatic rings. The number of para-hydroxylation sites is 1. The largest absolute Gasteiger partial charge is 0.350 e. The van der Waals surface area contributed by atoms with Gasteiger partial charge in [-0.05, 0) is 31.5 Å². The van der Waals surface area contributed by atoms with E-state index in [1.807, 2.05) is 6.07 Å². The quantitative estimate of drug-likeness (QED) is 0.834. The molecule has 1 fully saturated rings. The highest BCUT2D eigenvalue weighted by Crippen LogP contribution is 2.17. The molecule has 0 radical (unpaired) electrons. The Bertz CT molecular complexity index is 998. The van der Waals surface area contributed by atoms with E-state index >= 15 is 0 Å². The van der Waals surface area contributed by atoms with Crippen molar-refractivity contribution in [1.29, 1.82) is 5.26 Å². The molecule has 134 valence electrons. The molecule has 26 heavy (non-hydrogen) atoms. The van der Waals surface area contributed by atoms with Crippen LogP contribution in [0.2, 0.25) is 0 Å². The molecule has 1 aromatic carbocycles. The molecule has 0 bridgehead atoms. The Kier molecular flexibility index (Phi) is 4.86. The highest BCUT2D eigenvalue weighted by Gasteiger charge is 2.28.